The molecule has 0 radical (unpaired) electrons. The number of amides is 2. The third kappa shape index (κ3) is 6.07. The van der Waals surface area contributed by atoms with Gasteiger partial charge in [0.2, 0.25) is 5.84 Å². The number of nitrogens with one attached hydrogen (secondary N) is 1. The van der Waals surface area contributed by atoms with E-state index >= 15 is 0 Å². The molecular weight excluding hydrogens is 489 g/mol. The molecule has 0 bridgehead atoms. The molecule has 10 nitrogen and oxygen atoms in total. The molecule has 35 heavy (non-hydrogen) atoms. The highest BCUT2D eigenvalue weighted by Crippen LogP contribution is 2.32. The zero-order valence-corrected chi connectivity index (χ0v) is 19.3. The van der Waals surface area contributed by atoms with E-state index in [2.05, 4.69) is 19.1 Å². The van der Waals surface area contributed by atoms with Gasteiger partial charge in [-0.15, -0.1) is 8.80 Å². The summed E-state index contributed by atoms with van der Waals surface area (Å²) in [6, 6.07) is 6.19. The first-order valence-electron chi connectivity index (χ1n) is 10.5. The second-order valence-corrected chi connectivity index (χ2v) is 9.15. The van der Waals surface area contributed by atoms with Crippen molar-refractivity contribution in [2.75, 3.05) is 31.5 Å². The van der Waals surface area contributed by atoms with Crippen LogP contribution in [0.4, 0.5) is 23.7 Å². The van der Waals surface area contributed by atoms with Crippen molar-refractivity contribution in [3.63, 3.8) is 0 Å². The number of urea groups is 1. The molecule has 4 rings (SSSR count). The number of benzene rings is 1. The molecule has 2 aliphatic rings. The van der Waals surface area contributed by atoms with Crippen LogP contribution >= 0.6 is 0 Å². The number of rotatable bonds is 3. The van der Waals surface area contributed by atoms with E-state index in [1.165, 1.54) is 17.9 Å². The Balaban J connectivity index is 1.38. The number of piperazine rings is 1. The molecule has 1 fully saturated rings. The third-order valence-corrected chi connectivity index (χ3v) is 6.04. The number of carbonyl (C=O) groups excluding carboxylic acids is 1. The van der Waals surface area contributed by atoms with Crippen LogP contribution in [0, 0.1) is 6.92 Å². The quantitative estimate of drug-likeness (QED) is 0.679. The lowest BCUT2D eigenvalue weighted by atomic mass is 10.1. The minimum absolute atomic E-state index is 0.0370. The van der Waals surface area contributed by atoms with Crippen molar-refractivity contribution in [2.24, 2.45) is 8.80 Å². The number of hydrogen-bond donors (Lipinski definition) is 1. The number of aromatic nitrogens is 1. The summed E-state index contributed by atoms with van der Waals surface area (Å²) < 4.78 is 75.9. The van der Waals surface area contributed by atoms with Gasteiger partial charge in [0.25, 0.3) is 5.90 Å². The molecule has 0 aliphatic carbocycles. The Bertz CT molecular complexity index is 1270. The van der Waals surface area contributed by atoms with Gasteiger partial charge >= 0.3 is 22.4 Å². The predicted molar refractivity (Wildman–Crippen MR) is 121 cm³/mol. The van der Waals surface area contributed by atoms with Crippen LogP contribution in [0.15, 0.2) is 51.5 Å². The topological polar surface area (TPSA) is 117 Å². The Morgan fingerprint density at radius 2 is 1.77 bits per heavy atom. The molecule has 186 valence electrons. The molecule has 0 atom stereocenters. The van der Waals surface area contributed by atoms with Gasteiger partial charge in [-0.25, -0.2) is 4.79 Å². The summed E-state index contributed by atoms with van der Waals surface area (Å²) in [5, 5.41) is 2.50. The highest BCUT2D eigenvalue weighted by atomic mass is 32.2. The van der Waals surface area contributed by atoms with Crippen molar-refractivity contribution in [3.8, 4) is 0 Å². The van der Waals surface area contributed by atoms with Crippen LogP contribution in [0.1, 0.15) is 16.7 Å². The summed E-state index contributed by atoms with van der Waals surface area (Å²) in [7, 11) is -4.08. The van der Waals surface area contributed by atoms with Crippen LogP contribution in [-0.4, -0.2) is 67.1 Å². The van der Waals surface area contributed by atoms with Crippen LogP contribution in [-0.2, 0) is 27.7 Å². The van der Waals surface area contributed by atoms with E-state index in [0.29, 0.717) is 5.56 Å². The fourth-order valence-corrected chi connectivity index (χ4v) is 4.37. The van der Waals surface area contributed by atoms with Crippen LogP contribution in [0.5, 0.6) is 0 Å². The monoisotopic (exact) mass is 510 g/mol. The molecule has 1 saturated heterocycles. The Morgan fingerprint density at radius 3 is 2.43 bits per heavy atom. The molecule has 1 aromatic carbocycles. The summed E-state index contributed by atoms with van der Waals surface area (Å²) in [4.78, 5) is 19.6. The highest BCUT2D eigenvalue weighted by Gasteiger charge is 2.34. The van der Waals surface area contributed by atoms with Crippen molar-refractivity contribution in [1.82, 2.24) is 14.8 Å². The van der Waals surface area contributed by atoms with E-state index in [0.717, 1.165) is 17.7 Å². The molecule has 1 aromatic heterocycles. The Hall–Kier alpha value is -3.68. The van der Waals surface area contributed by atoms with Crippen molar-refractivity contribution in [1.29, 1.82) is 0 Å². The summed E-state index contributed by atoms with van der Waals surface area (Å²) in [5.41, 5.74) is 0.309. The molecule has 0 saturated carbocycles. The van der Waals surface area contributed by atoms with Gasteiger partial charge in [-0.3, -0.25) is 4.98 Å². The first kappa shape index (κ1) is 24.4. The zero-order chi connectivity index (χ0) is 25.2. The molecule has 0 spiro atoms. The van der Waals surface area contributed by atoms with E-state index in [1.54, 1.807) is 29.4 Å². The Morgan fingerprint density at radius 1 is 1.09 bits per heavy atom. The van der Waals surface area contributed by atoms with E-state index in [-0.39, 0.29) is 50.2 Å². The number of halogens is 3. The molecule has 1 N–H and O–H groups in total. The normalized spacial score (nSPS) is 17.6. The summed E-state index contributed by atoms with van der Waals surface area (Å²) >= 11 is 0. The van der Waals surface area contributed by atoms with Gasteiger partial charge in [0.05, 0.1) is 5.56 Å². The van der Waals surface area contributed by atoms with Gasteiger partial charge in [-0.2, -0.15) is 21.6 Å². The third-order valence-electron chi connectivity index (χ3n) is 5.24. The standard InChI is InChI=1S/C21H21F3N6O4S/c1-14-10-16(21(22,23)24)12-17(11-14)26-20(31)30-8-6-29(7-9-30)18-19(28-35(32,33)27-18)34-13-15-2-4-25-5-3-15/h2-5,10-12H,6-9,13H2,1H3,(H,26,31). The number of ether oxygens (including phenoxy) is 1. The lowest BCUT2D eigenvalue weighted by molar-refractivity contribution is -0.137. The van der Waals surface area contributed by atoms with E-state index < -0.39 is 28.0 Å². The SMILES string of the molecule is Cc1cc(NC(=O)N2CCN(C3=NS(=O)(=O)N=C3OCc3ccncc3)CC2)cc(C(F)(F)F)c1. The summed E-state index contributed by atoms with van der Waals surface area (Å²) in [6.07, 6.45) is -1.38. The summed E-state index contributed by atoms with van der Waals surface area (Å²) in [5.74, 6) is -0.0910. The van der Waals surface area contributed by atoms with Gasteiger partial charge in [0, 0.05) is 44.3 Å². The number of anilines is 1. The number of alkyl halides is 3. The van der Waals surface area contributed by atoms with Gasteiger partial charge < -0.3 is 19.9 Å². The van der Waals surface area contributed by atoms with E-state index in [9.17, 15) is 26.4 Å². The second kappa shape index (κ2) is 9.52. The van der Waals surface area contributed by atoms with E-state index in [4.69, 9.17) is 4.74 Å². The van der Waals surface area contributed by atoms with Gasteiger partial charge in [-0.05, 0) is 48.4 Å². The largest absolute Gasteiger partial charge is 0.470 e. The molecule has 14 heteroatoms. The molecular formula is C21H21F3N6O4S. The molecule has 2 aliphatic heterocycles. The van der Waals surface area contributed by atoms with Crippen LogP contribution in [0.3, 0.4) is 0 Å². The number of carbonyl (C=O) groups is 1. The minimum atomic E-state index is -4.53. The van der Waals surface area contributed by atoms with Crippen LogP contribution in [0.2, 0.25) is 0 Å². The van der Waals surface area contributed by atoms with Crippen molar-refractivity contribution in [2.45, 2.75) is 19.7 Å². The average molecular weight is 510 g/mol. The zero-order valence-electron chi connectivity index (χ0n) is 18.5. The minimum Gasteiger partial charge on any atom is -0.470 e. The summed E-state index contributed by atoms with van der Waals surface area (Å²) in [6.45, 7) is 2.38. The van der Waals surface area contributed by atoms with Crippen LogP contribution < -0.4 is 5.32 Å². The van der Waals surface area contributed by atoms with Crippen molar-refractivity contribution < 1.29 is 31.1 Å². The lowest BCUT2D eigenvalue weighted by Crippen LogP contribution is -2.53. The second-order valence-electron chi connectivity index (χ2n) is 7.89. The lowest BCUT2D eigenvalue weighted by Gasteiger charge is -2.35. The first-order chi connectivity index (χ1) is 16.5. The Kier molecular flexibility index (Phi) is 6.65. The maximum Gasteiger partial charge on any atom is 0.416 e. The highest BCUT2D eigenvalue weighted by molar-refractivity contribution is 7.89. The molecule has 0 unspecified atom stereocenters. The smallest absolute Gasteiger partial charge is 0.416 e. The predicted octanol–water partition coefficient (Wildman–Crippen LogP) is 2.83. The van der Waals surface area contributed by atoms with E-state index in [1.807, 2.05) is 0 Å². The van der Waals surface area contributed by atoms with Crippen molar-refractivity contribution in [3.05, 3.63) is 59.4 Å². The first-order valence-corrected chi connectivity index (χ1v) is 11.9. The average Bonchev–Trinajstić information content (AvgIpc) is 3.12. The molecule has 2 amide bonds. The number of nitrogens with zero attached hydrogens (tertiary/aromatic N) is 5. The Labute approximate surface area is 199 Å². The maximum atomic E-state index is 13.1. The fraction of sp³-hybridized carbons (Fsp3) is 0.333. The fourth-order valence-electron chi connectivity index (χ4n) is 3.57. The van der Waals surface area contributed by atoms with Gasteiger partial charge in [0.15, 0.2) is 0 Å². The van der Waals surface area contributed by atoms with Crippen LogP contribution in [0.25, 0.3) is 0 Å². The van der Waals surface area contributed by atoms with Gasteiger partial charge in [-0.1, -0.05) is 0 Å². The van der Waals surface area contributed by atoms with Crippen molar-refractivity contribution >= 4 is 33.7 Å². The number of hydrogen-bond acceptors (Lipinski definition) is 6. The number of aryl methyl sites for hydroxylation is 1. The molecule has 2 aromatic rings. The van der Waals surface area contributed by atoms with Gasteiger partial charge in [0.1, 0.15) is 6.61 Å². The number of amidine groups is 1. The maximum absolute atomic E-state index is 13.1. The molecule has 3 heterocycles. The number of pyridine rings is 1.